The molecule has 5 rings (SSSR count). The average Bonchev–Trinajstić information content (AvgIpc) is 3.53. The largest absolute Gasteiger partial charge is 0.361 e. The van der Waals surface area contributed by atoms with Crippen LogP contribution in [0.1, 0.15) is 45.4 Å². The normalized spacial score (nSPS) is 14.4. The average molecular weight is 511 g/mol. The number of benzene rings is 2. The molecule has 0 atom stereocenters. The quantitative estimate of drug-likeness (QED) is 0.369. The number of hydrogen-bond acceptors (Lipinski definition) is 4. The SMILES string of the molecule is O=C(NCc1ccc(F)c(Cl)c1)c1csc(C2CCN(C(=O)Cc3c[nH]c4ccccc34)CC2)n1. The summed E-state index contributed by atoms with van der Waals surface area (Å²) in [6, 6.07) is 12.4. The van der Waals surface area contributed by atoms with E-state index < -0.39 is 5.82 Å². The molecule has 0 saturated carbocycles. The van der Waals surface area contributed by atoms with E-state index in [1.807, 2.05) is 35.4 Å². The minimum absolute atomic E-state index is 0.0268. The molecule has 4 aromatic rings. The summed E-state index contributed by atoms with van der Waals surface area (Å²) in [4.78, 5) is 35.1. The van der Waals surface area contributed by atoms with Crippen molar-refractivity contribution in [2.45, 2.75) is 31.7 Å². The van der Waals surface area contributed by atoms with Gasteiger partial charge in [-0.05, 0) is 42.2 Å². The van der Waals surface area contributed by atoms with E-state index in [4.69, 9.17) is 11.6 Å². The summed E-state index contributed by atoms with van der Waals surface area (Å²) >= 11 is 7.27. The van der Waals surface area contributed by atoms with Crippen molar-refractivity contribution in [3.8, 4) is 0 Å². The molecule has 0 spiro atoms. The fraction of sp³-hybridized carbons (Fsp3) is 0.269. The van der Waals surface area contributed by atoms with Crippen LogP contribution in [0.3, 0.4) is 0 Å². The van der Waals surface area contributed by atoms with Gasteiger partial charge in [-0.1, -0.05) is 35.9 Å². The summed E-state index contributed by atoms with van der Waals surface area (Å²) in [5, 5.41) is 6.60. The van der Waals surface area contributed by atoms with Gasteiger partial charge in [0, 0.05) is 48.0 Å². The molecule has 180 valence electrons. The van der Waals surface area contributed by atoms with Crippen LogP contribution in [0.25, 0.3) is 10.9 Å². The van der Waals surface area contributed by atoms with Gasteiger partial charge < -0.3 is 15.2 Å². The first-order valence-electron chi connectivity index (χ1n) is 11.5. The zero-order chi connectivity index (χ0) is 24.4. The Bertz CT molecular complexity index is 1380. The van der Waals surface area contributed by atoms with Crippen LogP contribution in [0.2, 0.25) is 5.02 Å². The van der Waals surface area contributed by atoms with Gasteiger partial charge in [0.25, 0.3) is 5.91 Å². The van der Waals surface area contributed by atoms with Crippen LogP contribution in [-0.2, 0) is 17.8 Å². The highest BCUT2D eigenvalue weighted by Gasteiger charge is 2.26. The second-order valence-corrected chi connectivity index (χ2v) is 9.99. The maximum atomic E-state index is 13.3. The lowest BCUT2D eigenvalue weighted by molar-refractivity contribution is -0.131. The minimum atomic E-state index is -0.489. The number of para-hydroxylation sites is 1. The number of piperidine rings is 1. The Morgan fingerprint density at radius 3 is 2.80 bits per heavy atom. The standard InChI is InChI=1S/C26H24ClFN4O2S/c27-20-11-16(5-6-21(20)28)13-30-25(34)23-15-35-26(31-23)17-7-9-32(10-8-17)24(33)12-18-14-29-22-4-2-1-3-19(18)22/h1-6,11,14-15,17,29H,7-10,12-13H2,(H,30,34). The molecule has 2 aromatic carbocycles. The zero-order valence-electron chi connectivity index (χ0n) is 18.9. The number of rotatable bonds is 6. The fourth-order valence-corrected chi connectivity index (χ4v) is 5.60. The Labute approximate surface area is 211 Å². The highest BCUT2D eigenvalue weighted by atomic mass is 35.5. The summed E-state index contributed by atoms with van der Waals surface area (Å²) in [5.74, 6) is -0.404. The third kappa shape index (κ3) is 5.23. The molecular weight excluding hydrogens is 487 g/mol. The molecule has 1 aliphatic heterocycles. The van der Waals surface area contributed by atoms with Gasteiger partial charge >= 0.3 is 0 Å². The van der Waals surface area contributed by atoms with Gasteiger partial charge in [-0.15, -0.1) is 11.3 Å². The van der Waals surface area contributed by atoms with Crippen LogP contribution in [0.5, 0.6) is 0 Å². The first kappa shape index (κ1) is 23.5. The number of aromatic nitrogens is 2. The second-order valence-electron chi connectivity index (χ2n) is 8.69. The highest BCUT2D eigenvalue weighted by molar-refractivity contribution is 7.09. The van der Waals surface area contributed by atoms with E-state index in [-0.39, 0.29) is 29.3 Å². The number of likely N-dealkylation sites (tertiary alicyclic amines) is 1. The predicted octanol–water partition coefficient (Wildman–Crippen LogP) is 5.30. The molecule has 6 nitrogen and oxygen atoms in total. The molecule has 0 unspecified atom stereocenters. The van der Waals surface area contributed by atoms with Crippen molar-refractivity contribution < 1.29 is 14.0 Å². The van der Waals surface area contributed by atoms with Crippen molar-refractivity contribution in [3.63, 3.8) is 0 Å². The molecule has 1 aliphatic rings. The summed E-state index contributed by atoms with van der Waals surface area (Å²) in [6.07, 6.45) is 3.95. The molecule has 3 heterocycles. The molecule has 35 heavy (non-hydrogen) atoms. The molecule has 1 fully saturated rings. The molecule has 1 saturated heterocycles. The monoisotopic (exact) mass is 510 g/mol. The lowest BCUT2D eigenvalue weighted by Gasteiger charge is -2.31. The van der Waals surface area contributed by atoms with Gasteiger partial charge in [-0.25, -0.2) is 9.37 Å². The number of carbonyl (C=O) groups excluding carboxylic acids is 2. The molecule has 0 bridgehead atoms. The molecule has 0 aliphatic carbocycles. The van der Waals surface area contributed by atoms with Gasteiger partial charge in [0.1, 0.15) is 11.5 Å². The van der Waals surface area contributed by atoms with Crippen LogP contribution < -0.4 is 5.32 Å². The van der Waals surface area contributed by atoms with E-state index in [9.17, 15) is 14.0 Å². The number of nitrogens with zero attached hydrogens (tertiary/aromatic N) is 2. The van der Waals surface area contributed by atoms with E-state index in [1.54, 1.807) is 11.4 Å². The molecule has 9 heteroatoms. The summed E-state index contributed by atoms with van der Waals surface area (Å²) in [6.45, 7) is 1.60. The molecular formula is C26H24ClFN4O2S. The van der Waals surface area contributed by atoms with E-state index in [2.05, 4.69) is 15.3 Å². The number of H-pyrrole nitrogens is 1. The minimum Gasteiger partial charge on any atom is -0.361 e. The Kier molecular flexibility index (Phi) is 6.83. The van der Waals surface area contributed by atoms with Crippen molar-refractivity contribution >= 4 is 45.7 Å². The number of halogens is 2. The molecule has 2 N–H and O–H groups in total. The van der Waals surface area contributed by atoms with E-state index in [0.29, 0.717) is 30.8 Å². The maximum Gasteiger partial charge on any atom is 0.271 e. The summed E-state index contributed by atoms with van der Waals surface area (Å²) in [5.41, 5.74) is 3.14. The predicted molar refractivity (Wildman–Crippen MR) is 135 cm³/mol. The van der Waals surface area contributed by atoms with Crippen LogP contribution in [0, 0.1) is 5.82 Å². The zero-order valence-corrected chi connectivity index (χ0v) is 20.5. The van der Waals surface area contributed by atoms with Crippen molar-refractivity contribution in [3.05, 3.63) is 86.7 Å². The third-order valence-corrected chi connectivity index (χ3v) is 7.70. The van der Waals surface area contributed by atoms with E-state index >= 15 is 0 Å². The summed E-state index contributed by atoms with van der Waals surface area (Å²) in [7, 11) is 0. The molecule has 2 amide bonds. The Morgan fingerprint density at radius 2 is 2.00 bits per heavy atom. The van der Waals surface area contributed by atoms with Crippen LogP contribution in [-0.4, -0.2) is 39.8 Å². The molecule has 2 aromatic heterocycles. The van der Waals surface area contributed by atoms with Gasteiger partial charge in [0.15, 0.2) is 0 Å². The number of carbonyl (C=O) groups is 2. The Morgan fingerprint density at radius 1 is 1.20 bits per heavy atom. The number of hydrogen-bond donors (Lipinski definition) is 2. The van der Waals surface area contributed by atoms with Crippen molar-refractivity contribution in [1.29, 1.82) is 0 Å². The van der Waals surface area contributed by atoms with Crippen LogP contribution in [0.4, 0.5) is 4.39 Å². The topological polar surface area (TPSA) is 78.1 Å². The number of fused-ring (bicyclic) bond motifs is 1. The first-order chi connectivity index (χ1) is 17.0. The first-order valence-corrected chi connectivity index (χ1v) is 12.7. The second kappa shape index (κ2) is 10.2. The Hall–Kier alpha value is -3.23. The van der Waals surface area contributed by atoms with Gasteiger partial charge in [0.2, 0.25) is 5.91 Å². The lowest BCUT2D eigenvalue weighted by atomic mass is 9.97. The Balaban J connectivity index is 1.13. The highest BCUT2D eigenvalue weighted by Crippen LogP contribution is 2.31. The lowest BCUT2D eigenvalue weighted by Crippen LogP contribution is -2.38. The number of amides is 2. The molecule has 0 radical (unpaired) electrons. The van der Waals surface area contributed by atoms with Crippen molar-refractivity contribution in [2.24, 2.45) is 0 Å². The maximum absolute atomic E-state index is 13.3. The third-order valence-electron chi connectivity index (χ3n) is 6.41. The van der Waals surface area contributed by atoms with Gasteiger partial charge in [-0.3, -0.25) is 9.59 Å². The number of nitrogens with one attached hydrogen (secondary N) is 2. The van der Waals surface area contributed by atoms with Crippen LogP contribution >= 0.6 is 22.9 Å². The van der Waals surface area contributed by atoms with Crippen molar-refractivity contribution in [1.82, 2.24) is 20.2 Å². The van der Waals surface area contributed by atoms with E-state index in [1.165, 1.54) is 23.5 Å². The van der Waals surface area contributed by atoms with Gasteiger partial charge in [-0.2, -0.15) is 0 Å². The van der Waals surface area contributed by atoms with E-state index in [0.717, 1.165) is 34.3 Å². The fourth-order valence-electron chi connectivity index (χ4n) is 4.43. The number of thiazole rings is 1. The van der Waals surface area contributed by atoms with Crippen LogP contribution in [0.15, 0.2) is 54.0 Å². The van der Waals surface area contributed by atoms with Crippen molar-refractivity contribution in [2.75, 3.05) is 13.1 Å². The number of aromatic amines is 1. The smallest absolute Gasteiger partial charge is 0.271 e. The summed E-state index contributed by atoms with van der Waals surface area (Å²) < 4.78 is 13.3. The van der Waals surface area contributed by atoms with Gasteiger partial charge in [0.05, 0.1) is 16.5 Å².